The van der Waals surface area contributed by atoms with Crippen LogP contribution in [0.15, 0.2) is 58.1 Å². The van der Waals surface area contributed by atoms with Crippen LogP contribution in [0.4, 0.5) is 24.5 Å². The highest BCUT2D eigenvalue weighted by Gasteiger charge is 2.31. The maximum absolute atomic E-state index is 13.0. The number of nitrogens with one attached hydrogen (secondary N) is 2. The summed E-state index contributed by atoms with van der Waals surface area (Å²) in [6.45, 7) is 0.926. The van der Waals surface area contributed by atoms with Gasteiger partial charge in [0.15, 0.2) is 0 Å². The van der Waals surface area contributed by atoms with Gasteiger partial charge >= 0.3 is 11.9 Å². The average Bonchev–Trinajstić information content (AvgIpc) is 2.75. The zero-order valence-corrected chi connectivity index (χ0v) is 16.9. The first kappa shape index (κ1) is 21.7. The van der Waals surface area contributed by atoms with Crippen molar-refractivity contribution in [3.63, 3.8) is 0 Å². The standard InChI is InChI=1S/C22H21F3N4O3/c23-22(24,25)14-4-6-16(7-5-14)29-11-13(10-26)8-17-18(29)2-1-3-19(17)32-12-15-9-20(30)28-21(31)27-15/h1-7,9,13H,8,10-12,26H2,(H2,27,28,30,31). The molecule has 0 saturated heterocycles. The molecule has 2 heterocycles. The summed E-state index contributed by atoms with van der Waals surface area (Å²) in [6.07, 6.45) is -3.77. The zero-order valence-electron chi connectivity index (χ0n) is 16.9. The summed E-state index contributed by atoms with van der Waals surface area (Å²) in [4.78, 5) is 29.5. The van der Waals surface area contributed by atoms with E-state index in [2.05, 4.69) is 9.97 Å². The topological polar surface area (TPSA) is 104 Å². The number of halogens is 3. The van der Waals surface area contributed by atoms with Crippen molar-refractivity contribution < 1.29 is 17.9 Å². The van der Waals surface area contributed by atoms with Crippen LogP contribution in [0.2, 0.25) is 0 Å². The van der Waals surface area contributed by atoms with E-state index in [1.54, 1.807) is 12.1 Å². The molecule has 1 aliphatic heterocycles. The zero-order chi connectivity index (χ0) is 22.9. The van der Waals surface area contributed by atoms with Crippen molar-refractivity contribution in [3.05, 3.63) is 86.2 Å². The smallest absolute Gasteiger partial charge is 0.416 e. The van der Waals surface area contributed by atoms with Crippen LogP contribution in [0, 0.1) is 5.92 Å². The number of hydrogen-bond donors (Lipinski definition) is 3. The van der Waals surface area contributed by atoms with Crippen molar-refractivity contribution in [2.45, 2.75) is 19.2 Å². The fourth-order valence-corrected chi connectivity index (χ4v) is 3.84. The molecule has 32 heavy (non-hydrogen) atoms. The highest BCUT2D eigenvalue weighted by atomic mass is 19.4. The molecule has 2 aromatic carbocycles. The number of H-pyrrole nitrogens is 2. The normalized spacial score (nSPS) is 16.0. The van der Waals surface area contributed by atoms with Crippen LogP contribution in [0.1, 0.15) is 16.8 Å². The monoisotopic (exact) mass is 446 g/mol. The third-order valence-electron chi connectivity index (χ3n) is 5.37. The van der Waals surface area contributed by atoms with Gasteiger partial charge in [-0.2, -0.15) is 13.2 Å². The lowest BCUT2D eigenvalue weighted by Gasteiger charge is -2.36. The molecule has 10 heteroatoms. The van der Waals surface area contributed by atoms with Crippen molar-refractivity contribution in [3.8, 4) is 5.75 Å². The van der Waals surface area contributed by atoms with E-state index in [9.17, 15) is 22.8 Å². The largest absolute Gasteiger partial charge is 0.487 e. The lowest BCUT2D eigenvalue weighted by Crippen LogP contribution is -2.36. The van der Waals surface area contributed by atoms with Gasteiger partial charge in [-0.1, -0.05) is 6.07 Å². The van der Waals surface area contributed by atoms with Gasteiger partial charge in [-0.25, -0.2) is 4.79 Å². The van der Waals surface area contributed by atoms with Crippen LogP contribution in [0.25, 0.3) is 0 Å². The summed E-state index contributed by atoms with van der Waals surface area (Å²) < 4.78 is 44.8. The number of anilines is 2. The Morgan fingerprint density at radius 1 is 1.09 bits per heavy atom. The van der Waals surface area contributed by atoms with E-state index in [-0.39, 0.29) is 12.5 Å². The Morgan fingerprint density at radius 2 is 1.84 bits per heavy atom. The van der Waals surface area contributed by atoms with Crippen LogP contribution in [-0.4, -0.2) is 23.1 Å². The Hall–Kier alpha value is -3.53. The molecule has 0 saturated carbocycles. The van der Waals surface area contributed by atoms with Gasteiger partial charge in [-0.05, 0) is 55.3 Å². The molecule has 0 fully saturated rings. The fourth-order valence-electron chi connectivity index (χ4n) is 3.84. The summed E-state index contributed by atoms with van der Waals surface area (Å²) >= 11 is 0. The van der Waals surface area contributed by atoms with E-state index in [1.165, 1.54) is 18.2 Å². The molecule has 1 aliphatic rings. The van der Waals surface area contributed by atoms with Crippen molar-refractivity contribution >= 4 is 11.4 Å². The van der Waals surface area contributed by atoms with E-state index < -0.39 is 23.0 Å². The van der Waals surface area contributed by atoms with Crippen molar-refractivity contribution in [1.82, 2.24) is 9.97 Å². The van der Waals surface area contributed by atoms with Crippen LogP contribution < -0.4 is 26.6 Å². The van der Waals surface area contributed by atoms with Crippen molar-refractivity contribution in [1.29, 1.82) is 0 Å². The minimum Gasteiger partial charge on any atom is -0.487 e. The molecule has 0 radical (unpaired) electrons. The molecule has 0 bridgehead atoms. The summed E-state index contributed by atoms with van der Waals surface area (Å²) in [5, 5.41) is 0. The average molecular weight is 446 g/mol. The molecule has 3 aromatic rings. The second-order valence-electron chi connectivity index (χ2n) is 7.62. The van der Waals surface area contributed by atoms with E-state index in [4.69, 9.17) is 10.5 Å². The number of ether oxygens (including phenoxy) is 1. The Labute approximate surface area is 180 Å². The minimum atomic E-state index is -4.40. The second-order valence-corrected chi connectivity index (χ2v) is 7.62. The molecule has 1 unspecified atom stereocenters. The van der Waals surface area contributed by atoms with Crippen molar-refractivity contribution in [2.24, 2.45) is 11.7 Å². The highest BCUT2D eigenvalue weighted by Crippen LogP contribution is 2.40. The Balaban J connectivity index is 1.66. The molecule has 168 valence electrons. The molecule has 1 aromatic heterocycles. The Kier molecular flexibility index (Phi) is 5.79. The molecule has 4 N–H and O–H groups in total. The Bertz CT molecular complexity index is 1190. The van der Waals surface area contributed by atoms with Gasteiger partial charge in [0.05, 0.1) is 11.3 Å². The number of aromatic amines is 2. The SMILES string of the molecule is NCC1Cc2c(OCc3cc(=O)[nH]c(=O)[nH]3)cccc2N(c2ccc(C(F)(F)F)cc2)C1. The molecule has 4 rings (SSSR count). The number of nitrogens with zero attached hydrogens (tertiary/aromatic N) is 1. The first-order valence-electron chi connectivity index (χ1n) is 9.96. The van der Waals surface area contributed by atoms with E-state index in [1.807, 2.05) is 11.0 Å². The molecular weight excluding hydrogens is 425 g/mol. The summed E-state index contributed by atoms with van der Waals surface area (Å²) in [6, 6.07) is 11.7. The van der Waals surface area contributed by atoms with Gasteiger partial charge in [-0.15, -0.1) is 0 Å². The molecule has 0 amide bonds. The van der Waals surface area contributed by atoms with Crippen LogP contribution in [0.3, 0.4) is 0 Å². The third kappa shape index (κ3) is 4.54. The van der Waals surface area contributed by atoms with Gasteiger partial charge < -0.3 is 20.4 Å². The number of rotatable bonds is 5. The predicted molar refractivity (Wildman–Crippen MR) is 113 cm³/mol. The number of fused-ring (bicyclic) bond motifs is 1. The third-order valence-corrected chi connectivity index (χ3v) is 5.37. The van der Waals surface area contributed by atoms with E-state index >= 15 is 0 Å². The van der Waals surface area contributed by atoms with E-state index in [0.29, 0.717) is 36.6 Å². The lowest BCUT2D eigenvalue weighted by molar-refractivity contribution is -0.137. The van der Waals surface area contributed by atoms with Gasteiger partial charge in [-0.3, -0.25) is 9.78 Å². The molecule has 1 atom stereocenters. The number of nitrogens with two attached hydrogens (primary N) is 1. The van der Waals surface area contributed by atoms with Gasteiger partial charge in [0.2, 0.25) is 0 Å². The van der Waals surface area contributed by atoms with Crippen LogP contribution >= 0.6 is 0 Å². The first-order valence-corrected chi connectivity index (χ1v) is 9.96. The summed E-state index contributed by atoms with van der Waals surface area (Å²) in [5.74, 6) is 0.618. The molecule has 0 aliphatic carbocycles. The number of hydrogen-bond acceptors (Lipinski definition) is 5. The van der Waals surface area contributed by atoms with Crippen LogP contribution in [0.5, 0.6) is 5.75 Å². The summed E-state index contributed by atoms with van der Waals surface area (Å²) in [7, 11) is 0. The van der Waals surface area contributed by atoms with Crippen molar-refractivity contribution in [2.75, 3.05) is 18.0 Å². The quantitative estimate of drug-likeness (QED) is 0.559. The lowest BCUT2D eigenvalue weighted by atomic mass is 9.91. The maximum atomic E-state index is 13.0. The predicted octanol–water partition coefficient (Wildman–Crippen LogP) is 2.93. The number of aromatic nitrogens is 2. The minimum absolute atomic E-state index is 0.0246. The highest BCUT2D eigenvalue weighted by molar-refractivity contribution is 5.71. The van der Waals surface area contributed by atoms with Gasteiger partial charge in [0.1, 0.15) is 12.4 Å². The van der Waals surface area contributed by atoms with Gasteiger partial charge in [0, 0.05) is 29.5 Å². The van der Waals surface area contributed by atoms with E-state index in [0.717, 1.165) is 23.4 Å². The number of alkyl halides is 3. The molecule has 7 nitrogen and oxygen atoms in total. The molecule has 0 spiro atoms. The Morgan fingerprint density at radius 3 is 2.50 bits per heavy atom. The summed E-state index contributed by atoms with van der Waals surface area (Å²) in [5.41, 5.74) is 6.69. The van der Waals surface area contributed by atoms with Gasteiger partial charge in [0.25, 0.3) is 5.56 Å². The molecular formula is C22H21F3N4O3. The fraction of sp³-hybridized carbons (Fsp3) is 0.273. The second kappa shape index (κ2) is 8.54. The van der Waals surface area contributed by atoms with Crippen LogP contribution in [-0.2, 0) is 19.2 Å². The maximum Gasteiger partial charge on any atom is 0.416 e. The number of benzene rings is 2. The first-order chi connectivity index (χ1) is 15.2.